The number of benzene rings is 1. The fourth-order valence-electron chi connectivity index (χ4n) is 4.24. The van der Waals surface area contributed by atoms with Crippen molar-refractivity contribution in [1.29, 1.82) is 0 Å². The first kappa shape index (κ1) is 18.2. The molecule has 0 bridgehead atoms. The standard InChI is InChI=1S/C20H23N5O3S/c1-28-13-2-4-14(5-3-13)29(26,27)17-15-16(24-18(17)21)19(23-12-22-15)25-10-8-20(6-7-20)9-11-25/h2-5,12,24H,6-11,21H2,1H3. The van der Waals surface area contributed by atoms with Gasteiger partial charge in [0.05, 0.1) is 12.0 Å². The van der Waals surface area contributed by atoms with Crippen LogP contribution in [0.5, 0.6) is 5.75 Å². The van der Waals surface area contributed by atoms with Crippen LogP contribution in [0.3, 0.4) is 0 Å². The summed E-state index contributed by atoms with van der Waals surface area (Å²) < 4.78 is 31.7. The third-order valence-electron chi connectivity index (χ3n) is 6.27. The van der Waals surface area contributed by atoms with Crippen LogP contribution >= 0.6 is 0 Å². The molecule has 1 aliphatic carbocycles. The van der Waals surface area contributed by atoms with Crippen LogP contribution in [0, 0.1) is 5.41 Å². The van der Waals surface area contributed by atoms with Gasteiger partial charge >= 0.3 is 0 Å². The zero-order valence-electron chi connectivity index (χ0n) is 16.2. The molecule has 9 heteroatoms. The van der Waals surface area contributed by atoms with Crippen LogP contribution < -0.4 is 15.4 Å². The number of nitrogens with two attached hydrogens (primary N) is 1. The third kappa shape index (κ3) is 2.91. The molecule has 8 nitrogen and oxygen atoms in total. The minimum Gasteiger partial charge on any atom is -0.497 e. The number of nitrogens with zero attached hydrogens (tertiary/aromatic N) is 3. The highest BCUT2D eigenvalue weighted by molar-refractivity contribution is 7.92. The van der Waals surface area contributed by atoms with E-state index in [4.69, 9.17) is 10.5 Å². The van der Waals surface area contributed by atoms with Gasteiger partial charge in [-0.1, -0.05) is 0 Å². The number of aromatic amines is 1. The predicted molar refractivity (Wildman–Crippen MR) is 110 cm³/mol. The molecule has 0 unspecified atom stereocenters. The number of hydrogen-bond donors (Lipinski definition) is 2. The number of anilines is 2. The number of sulfone groups is 1. The van der Waals surface area contributed by atoms with Crippen molar-refractivity contribution in [2.75, 3.05) is 30.8 Å². The highest BCUT2D eigenvalue weighted by atomic mass is 32.2. The maximum Gasteiger partial charge on any atom is 0.212 e. The molecule has 1 aromatic carbocycles. The van der Waals surface area contributed by atoms with Gasteiger partial charge in [-0.15, -0.1) is 0 Å². The number of fused-ring (bicyclic) bond motifs is 1. The molecule has 3 aromatic rings. The molecule has 5 rings (SSSR count). The van der Waals surface area contributed by atoms with Crippen LogP contribution in [0.25, 0.3) is 11.0 Å². The Hall–Kier alpha value is -2.81. The maximum atomic E-state index is 13.3. The van der Waals surface area contributed by atoms with E-state index in [-0.39, 0.29) is 15.6 Å². The number of nitrogen functional groups attached to an aromatic ring is 1. The molecule has 1 saturated carbocycles. The van der Waals surface area contributed by atoms with E-state index in [1.807, 2.05) is 0 Å². The van der Waals surface area contributed by atoms with E-state index >= 15 is 0 Å². The van der Waals surface area contributed by atoms with Crippen molar-refractivity contribution in [3.63, 3.8) is 0 Å². The topological polar surface area (TPSA) is 114 Å². The summed E-state index contributed by atoms with van der Waals surface area (Å²) in [6.45, 7) is 1.82. The Balaban J connectivity index is 1.57. The molecule has 2 aliphatic rings. The van der Waals surface area contributed by atoms with Crippen molar-refractivity contribution in [3.8, 4) is 5.75 Å². The molecule has 1 spiro atoms. The molecule has 1 aliphatic heterocycles. The Labute approximate surface area is 169 Å². The van der Waals surface area contributed by atoms with Gasteiger partial charge in [0, 0.05) is 13.1 Å². The Morgan fingerprint density at radius 1 is 1.10 bits per heavy atom. The quantitative estimate of drug-likeness (QED) is 0.676. The monoisotopic (exact) mass is 413 g/mol. The number of aromatic nitrogens is 3. The second kappa shape index (κ2) is 6.35. The van der Waals surface area contributed by atoms with E-state index in [0.29, 0.717) is 28.0 Å². The summed E-state index contributed by atoms with van der Waals surface area (Å²) in [7, 11) is -2.32. The predicted octanol–water partition coefficient (Wildman–Crippen LogP) is 2.76. The molecule has 2 fully saturated rings. The molecule has 0 radical (unpaired) electrons. The van der Waals surface area contributed by atoms with E-state index in [1.54, 1.807) is 12.1 Å². The van der Waals surface area contributed by atoms with Gasteiger partial charge in [-0.3, -0.25) is 0 Å². The average molecular weight is 414 g/mol. The van der Waals surface area contributed by atoms with Gasteiger partial charge in [-0.05, 0) is 55.4 Å². The molecule has 29 heavy (non-hydrogen) atoms. The van der Waals surface area contributed by atoms with Gasteiger partial charge in [0.2, 0.25) is 9.84 Å². The summed E-state index contributed by atoms with van der Waals surface area (Å²) in [5.41, 5.74) is 7.58. The number of ether oxygens (including phenoxy) is 1. The molecule has 0 atom stereocenters. The molecule has 3 N–H and O–H groups in total. The Kier molecular flexibility index (Phi) is 3.99. The van der Waals surface area contributed by atoms with Crippen molar-refractivity contribution in [2.45, 2.75) is 35.5 Å². The van der Waals surface area contributed by atoms with E-state index in [2.05, 4.69) is 19.9 Å². The number of hydrogen-bond acceptors (Lipinski definition) is 7. The average Bonchev–Trinajstić information content (AvgIpc) is 3.38. The van der Waals surface area contributed by atoms with E-state index in [1.165, 1.54) is 38.4 Å². The first-order chi connectivity index (χ1) is 13.9. The summed E-state index contributed by atoms with van der Waals surface area (Å²) in [5, 5.41) is 0. The summed E-state index contributed by atoms with van der Waals surface area (Å²) in [5.74, 6) is 1.38. The lowest BCUT2D eigenvalue weighted by atomic mass is 9.94. The van der Waals surface area contributed by atoms with Crippen molar-refractivity contribution in [2.24, 2.45) is 5.41 Å². The zero-order chi connectivity index (χ0) is 20.2. The highest BCUT2D eigenvalue weighted by Gasteiger charge is 2.44. The number of nitrogens with one attached hydrogen (secondary N) is 1. The Morgan fingerprint density at radius 2 is 1.79 bits per heavy atom. The Morgan fingerprint density at radius 3 is 2.41 bits per heavy atom. The SMILES string of the molecule is COc1ccc(S(=O)(=O)c2c(N)[nH]c3c(N4CCC5(CC4)CC5)ncnc23)cc1. The van der Waals surface area contributed by atoms with Gasteiger partial charge in [0.25, 0.3) is 0 Å². The van der Waals surface area contributed by atoms with Gasteiger partial charge in [0.1, 0.15) is 33.8 Å². The van der Waals surface area contributed by atoms with E-state index in [9.17, 15) is 8.42 Å². The first-order valence-electron chi connectivity index (χ1n) is 9.70. The van der Waals surface area contributed by atoms with Crippen molar-refractivity contribution in [3.05, 3.63) is 30.6 Å². The van der Waals surface area contributed by atoms with Crippen LogP contribution in [0.2, 0.25) is 0 Å². The minimum atomic E-state index is -3.85. The summed E-state index contributed by atoms with van der Waals surface area (Å²) in [6.07, 6.45) is 6.34. The van der Waals surface area contributed by atoms with Crippen molar-refractivity contribution >= 4 is 32.5 Å². The summed E-state index contributed by atoms with van der Waals surface area (Å²) >= 11 is 0. The van der Waals surface area contributed by atoms with Gasteiger partial charge in [0.15, 0.2) is 5.82 Å². The maximum absolute atomic E-state index is 13.3. The van der Waals surface area contributed by atoms with E-state index < -0.39 is 9.84 Å². The smallest absolute Gasteiger partial charge is 0.212 e. The highest BCUT2D eigenvalue weighted by Crippen LogP contribution is 2.54. The molecule has 0 amide bonds. The Bertz CT molecular complexity index is 1170. The normalized spacial score (nSPS) is 18.3. The lowest BCUT2D eigenvalue weighted by Crippen LogP contribution is -2.35. The lowest BCUT2D eigenvalue weighted by Gasteiger charge is -2.33. The molecule has 2 aromatic heterocycles. The first-order valence-corrected chi connectivity index (χ1v) is 11.2. The fraction of sp³-hybridized carbons (Fsp3) is 0.400. The molecule has 1 saturated heterocycles. The number of H-pyrrole nitrogens is 1. The lowest BCUT2D eigenvalue weighted by molar-refractivity contribution is 0.383. The number of piperidine rings is 1. The molecular weight excluding hydrogens is 390 g/mol. The van der Waals surface area contributed by atoms with Crippen LogP contribution in [0.1, 0.15) is 25.7 Å². The fourth-order valence-corrected chi connectivity index (χ4v) is 5.72. The van der Waals surface area contributed by atoms with E-state index in [0.717, 1.165) is 25.9 Å². The second-order valence-electron chi connectivity index (χ2n) is 7.95. The number of rotatable bonds is 4. The largest absolute Gasteiger partial charge is 0.497 e. The van der Waals surface area contributed by atoms with Crippen LogP contribution in [-0.4, -0.2) is 43.6 Å². The minimum absolute atomic E-state index is 0.00279. The molecule has 152 valence electrons. The third-order valence-corrected chi connectivity index (χ3v) is 8.11. The second-order valence-corrected chi connectivity index (χ2v) is 9.84. The van der Waals surface area contributed by atoms with Gasteiger partial charge in [-0.2, -0.15) is 0 Å². The summed E-state index contributed by atoms with van der Waals surface area (Å²) in [4.78, 5) is 14.1. The van der Waals surface area contributed by atoms with Crippen LogP contribution in [0.15, 0.2) is 40.4 Å². The number of methoxy groups -OCH3 is 1. The van der Waals surface area contributed by atoms with Gasteiger partial charge < -0.3 is 20.4 Å². The van der Waals surface area contributed by atoms with Crippen molar-refractivity contribution < 1.29 is 13.2 Å². The van der Waals surface area contributed by atoms with Crippen LogP contribution in [-0.2, 0) is 9.84 Å². The van der Waals surface area contributed by atoms with Gasteiger partial charge in [-0.25, -0.2) is 18.4 Å². The van der Waals surface area contributed by atoms with Crippen molar-refractivity contribution in [1.82, 2.24) is 15.0 Å². The van der Waals surface area contributed by atoms with Crippen LogP contribution in [0.4, 0.5) is 11.6 Å². The summed E-state index contributed by atoms with van der Waals surface area (Å²) in [6, 6.07) is 6.24. The zero-order valence-corrected chi connectivity index (χ0v) is 17.0. The molecular formula is C20H23N5O3S. The molecule has 3 heterocycles.